The summed E-state index contributed by atoms with van der Waals surface area (Å²) in [6.45, 7) is 0.658. The molecule has 0 aromatic carbocycles. The highest BCUT2D eigenvalue weighted by Gasteiger charge is 2.25. The maximum absolute atomic E-state index is 10.6. The van der Waals surface area contributed by atoms with Crippen LogP contribution in [0, 0.1) is 16.0 Å². The van der Waals surface area contributed by atoms with Gasteiger partial charge in [0.25, 0.3) is 0 Å². The molecule has 1 heterocycles. The summed E-state index contributed by atoms with van der Waals surface area (Å²) in [5.41, 5.74) is 5.74. The number of thiazole rings is 1. The van der Waals surface area contributed by atoms with Gasteiger partial charge in [-0.2, -0.15) is 0 Å². The third kappa shape index (κ3) is 2.92. The van der Waals surface area contributed by atoms with Crippen LogP contribution in [0.4, 0.5) is 10.1 Å². The number of nitrogens with two attached hydrogens (primary N) is 1. The van der Waals surface area contributed by atoms with Crippen LogP contribution in [0.15, 0.2) is 6.20 Å². The zero-order chi connectivity index (χ0) is 12.3. The Morgan fingerprint density at radius 2 is 2.35 bits per heavy atom. The lowest BCUT2D eigenvalue weighted by Crippen LogP contribution is -2.36. The summed E-state index contributed by atoms with van der Waals surface area (Å²) in [4.78, 5) is 14.2. The fourth-order valence-electron chi connectivity index (χ4n) is 2.26. The van der Waals surface area contributed by atoms with E-state index < -0.39 is 4.92 Å². The van der Waals surface area contributed by atoms with E-state index in [4.69, 9.17) is 5.73 Å². The summed E-state index contributed by atoms with van der Waals surface area (Å²) in [6.07, 6.45) is 5.89. The van der Waals surface area contributed by atoms with Crippen LogP contribution in [0.3, 0.4) is 0 Å². The van der Waals surface area contributed by atoms with E-state index in [-0.39, 0.29) is 5.00 Å². The van der Waals surface area contributed by atoms with Crippen molar-refractivity contribution in [1.29, 1.82) is 0 Å². The number of nitrogens with zero attached hydrogens (tertiary/aromatic N) is 2. The van der Waals surface area contributed by atoms with Crippen LogP contribution in [0.1, 0.15) is 25.7 Å². The lowest BCUT2D eigenvalue weighted by molar-refractivity contribution is -0.380. The van der Waals surface area contributed by atoms with E-state index in [1.54, 1.807) is 0 Å². The van der Waals surface area contributed by atoms with Gasteiger partial charge in [-0.25, -0.2) is 4.98 Å². The molecule has 1 fully saturated rings. The summed E-state index contributed by atoms with van der Waals surface area (Å²) in [7, 11) is 0. The summed E-state index contributed by atoms with van der Waals surface area (Å²) in [5.74, 6) is 0.451. The van der Waals surface area contributed by atoms with Crippen molar-refractivity contribution < 1.29 is 4.92 Å². The second kappa shape index (κ2) is 5.42. The average Bonchev–Trinajstić information content (AvgIpc) is 2.78. The smallest absolute Gasteiger partial charge is 0.345 e. The number of aromatic nitrogens is 1. The normalized spacial score (nSPS) is 24.5. The molecular formula is C10H16N4O2S. The van der Waals surface area contributed by atoms with Crippen molar-refractivity contribution in [1.82, 2.24) is 4.98 Å². The maximum atomic E-state index is 10.6. The van der Waals surface area contributed by atoms with Gasteiger partial charge in [0.2, 0.25) is 0 Å². The molecule has 94 valence electrons. The van der Waals surface area contributed by atoms with Gasteiger partial charge in [0.15, 0.2) is 5.13 Å². The summed E-state index contributed by atoms with van der Waals surface area (Å²) in [6, 6.07) is 0.305. The van der Waals surface area contributed by atoms with E-state index in [0.29, 0.717) is 23.6 Å². The van der Waals surface area contributed by atoms with E-state index in [1.165, 1.54) is 19.0 Å². The van der Waals surface area contributed by atoms with Crippen LogP contribution in [-0.2, 0) is 0 Å². The molecule has 3 N–H and O–H groups in total. The number of anilines is 1. The molecule has 1 aromatic heterocycles. The van der Waals surface area contributed by atoms with E-state index in [0.717, 1.165) is 24.2 Å². The van der Waals surface area contributed by atoms with Crippen LogP contribution < -0.4 is 11.1 Å². The SMILES string of the molecule is NCC1CCCCC1Nc1ncc([N+](=O)[O-])s1. The second-order valence-electron chi connectivity index (χ2n) is 4.29. The first kappa shape index (κ1) is 12.3. The van der Waals surface area contributed by atoms with E-state index in [2.05, 4.69) is 10.3 Å². The van der Waals surface area contributed by atoms with E-state index in [9.17, 15) is 10.1 Å². The van der Waals surface area contributed by atoms with Gasteiger partial charge >= 0.3 is 5.00 Å². The van der Waals surface area contributed by atoms with Crippen LogP contribution in [-0.4, -0.2) is 22.5 Å². The molecule has 1 aliphatic rings. The van der Waals surface area contributed by atoms with Gasteiger partial charge in [0, 0.05) is 6.04 Å². The molecule has 6 nitrogen and oxygen atoms in total. The highest BCUT2D eigenvalue weighted by Crippen LogP contribution is 2.30. The number of rotatable bonds is 4. The largest absolute Gasteiger partial charge is 0.358 e. The van der Waals surface area contributed by atoms with Crippen LogP contribution in [0.5, 0.6) is 0 Å². The predicted molar refractivity (Wildman–Crippen MR) is 67.2 cm³/mol. The molecule has 0 aliphatic heterocycles. The molecular weight excluding hydrogens is 240 g/mol. The molecule has 17 heavy (non-hydrogen) atoms. The fourth-order valence-corrected chi connectivity index (χ4v) is 2.95. The molecule has 2 rings (SSSR count). The van der Waals surface area contributed by atoms with Crippen molar-refractivity contribution in [2.75, 3.05) is 11.9 Å². The molecule has 2 unspecified atom stereocenters. The second-order valence-corrected chi connectivity index (χ2v) is 5.30. The number of hydrogen-bond donors (Lipinski definition) is 2. The molecule has 0 saturated heterocycles. The zero-order valence-corrected chi connectivity index (χ0v) is 10.3. The van der Waals surface area contributed by atoms with Crippen molar-refractivity contribution in [3.05, 3.63) is 16.3 Å². The van der Waals surface area contributed by atoms with Gasteiger partial charge in [-0.15, -0.1) is 0 Å². The minimum absolute atomic E-state index is 0.0765. The first-order valence-corrected chi connectivity index (χ1v) is 6.59. The topological polar surface area (TPSA) is 94.1 Å². The Bertz CT molecular complexity index is 395. The quantitative estimate of drug-likeness (QED) is 0.634. The van der Waals surface area contributed by atoms with Gasteiger partial charge < -0.3 is 11.1 Å². The Hall–Kier alpha value is -1.21. The summed E-state index contributed by atoms with van der Waals surface area (Å²) in [5, 5.41) is 14.5. The average molecular weight is 256 g/mol. The molecule has 1 saturated carbocycles. The molecule has 2 atom stereocenters. The van der Waals surface area contributed by atoms with Gasteiger partial charge in [0.05, 0.1) is 4.92 Å². The minimum Gasteiger partial charge on any atom is -0.358 e. The number of hydrogen-bond acceptors (Lipinski definition) is 6. The monoisotopic (exact) mass is 256 g/mol. The molecule has 0 radical (unpaired) electrons. The van der Waals surface area contributed by atoms with Gasteiger partial charge in [-0.05, 0) is 36.6 Å². The number of nitrogens with one attached hydrogen (secondary N) is 1. The van der Waals surface area contributed by atoms with Crippen molar-refractivity contribution in [3.63, 3.8) is 0 Å². The minimum atomic E-state index is -0.413. The Morgan fingerprint density at radius 3 is 3.00 bits per heavy atom. The molecule has 0 amide bonds. The Kier molecular flexibility index (Phi) is 3.90. The lowest BCUT2D eigenvalue weighted by atomic mass is 9.85. The standard InChI is InChI=1S/C10H16N4O2S/c11-5-7-3-1-2-4-8(7)13-10-12-6-9(17-10)14(15)16/h6-8H,1-5,11H2,(H,12,13). The third-order valence-corrected chi connectivity index (χ3v) is 4.07. The van der Waals surface area contributed by atoms with E-state index >= 15 is 0 Å². The van der Waals surface area contributed by atoms with Crippen LogP contribution in [0.2, 0.25) is 0 Å². The van der Waals surface area contributed by atoms with Crippen molar-refractivity contribution in [2.24, 2.45) is 11.7 Å². The molecule has 1 aromatic rings. The Morgan fingerprint density at radius 1 is 1.59 bits per heavy atom. The fraction of sp³-hybridized carbons (Fsp3) is 0.700. The molecule has 0 spiro atoms. The summed E-state index contributed by atoms with van der Waals surface area (Å²) < 4.78 is 0. The third-order valence-electron chi connectivity index (χ3n) is 3.19. The highest BCUT2D eigenvalue weighted by molar-refractivity contribution is 7.18. The van der Waals surface area contributed by atoms with Crippen molar-refractivity contribution in [2.45, 2.75) is 31.7 Å². The number of nitro groups is 1. The van der Waals surface area contributed by atoms with Crippen LogP contribution in [0.25, 0.3) is 0 Å². The Balaban J connectivity index is 2.00. The summed E-state index contributed by atoms with van der Waals surface area (Å²) >= 11 is 1.09. The van der Waals surface area contributed by atoms with Gasteiger partial charge in [0.1, 0.15) is 6.20 Å². The first-order valence-electron chi connectivity index (χ1n) is 5.77. The Labute approximate surface area is 103 Å². The molecule has 7 heteroatoms. The maximum Gasteiger partial charge on any atom is 0.345 e. The molecule has 0 bridgehead atoms. The van der Waals surface area contributed by atoms with E-state index in [1.807, 2.05) is 0 Å². The first-order chi connectivity index (χ1) is 8.20. The predicted octanol–water partition coefficient (Wildman–Crippen LogP) is 1.98. The van der Waals surface area contributed by atoms with Crippen molar-refractivity contribution in [3.8, 4) is 0 Å². The van der Waals surface area contributed by atoms with Crippen LogP contribution >= 0.6 is 11.3 Å². The molecule has 1 aliphatic carbocycles. The van der Waals surface area contributed by atoms with Gasteiger partial charge in [-0.3, -0.25) is 10.1 Å². The zero-order valence-electron chi connectivity index (χ0n) is 9.46. The van der Waals surface area contributed by atoms with Crippen molar-refractivity contribution >= 4 is 21.5 Å². The highest BCUT2D eigenvalue weighted by atomic mass is 32.1. The lowest BCUT2D eigenvalue weighted by Gasteiger charge is -2.31. The van der Waals surface area contributed by atoms with Gasteiger partial charge in [-0.1, -0.05) is 12.8 Å².